The number of ether oxygens (including phenoxy) is 1. The van der Waals surface area contributed by atoms with Crippen molar-refractivity contribution in [2.75, 3.05) is 13.2 Å². The summed E-state index contributed by atoms with van der Waals surface area (Å²) in [4.78, 5) is 10.9. The van der Waals surface area contributed by atoms with Gasteiger partial charge < -0.3 is 14.3 Å². The van der Waals surface area contributed by atoms with E-state index in [0.717, 1.165) is 12.8 Å². The average molecular weight is 317 g/mol. The lowest BCUT2D eigenvalue weighted by Gasteiger charge is -2.23. The van der Waals surface area contributed by atoms with Crippen LogP contribution in [0, 0.1) is 13.8 Å². The fourth-order valence-corrected chi connectivity index (χ4v) is 4.09. The summed E-state index contributed by atoms with van der Waals surface area (Å²) >= 11 is 0. The lowest BCUT2D eigenvalue weighted by molar-refractivity contribution is 0.0250. The Morgan fingerprint density at radius 1 is 1.38 bits per heavy atom. The number of carbonyl (C=O) groups is 1. The Kier molecular flexibility index (Phi) is 4.14. The van der Waals surface area contributed by atoms with Crippen molar-refractivity contribution in [3.63, 3.8) is 0 Å². The molecule has 1 fully saturated rings. The van der Waals surface area contributed by atoms with Gasteiger partial charge in [-0.2, -0.15) is 0 Å². The fourth-order valence-electron chi connectivity index (χ4n) is 2.53. The third-order valence-electron chi connectivity index (χ3n) is 3.62. The minimum atomic E-state index is -3.98. The van der Waals surface area contributed by atoms with Crippen LogP contribution in [-0.2, 0) is 14.8 Å². The van der Waals surface area contributed by atoms with Crippen molar-refractivity contribution in [2.24, 2.45) is 0 Å². The van der Waals surface area contributed by atoms with E-state index in [2.05, 4.69) is 4.72 Å². The highest BCUT2D eigenvalue weighted by atomic mass is 32.2. The van der Waals surface area contributed by atoms with Crippen LogP contribution < -0.4 is 4.72 Å². The molecule has 0 spiro atoms. The van der Waals surface area contributed by atoms with Gasteiger partial charge in [-0.25, -0.2) is 17.9 Å². The molecule has 1 aliphatic rings. The predicted octanol–water partition coefficient (Wildman–Crippen LogP) is 1.44. The fraction of sp³-hybridized carbons (Fsp3) is 0.615. The van der Waals surface area contributed by atoms with Gasteiger partial charge in [0.25, 0.3) is 0 Å². The highest BCUT2D eigenvalue weighted by Crippen LogP contribution is 2.28. The molecule has 1 aromatic rings. The Morgan fingerprint density at radius 2 is 2.05 bits per heavy atom. The molecule has 0 aromatic carbocycles. The van der Waals surface area contributed by atoms with Crippen LogP contribution in [0.5, 0.6) is 0 Å². The third kappa shape index (κ3) is 3.12. The van der Waals surface area contributed by atoms with Crippen molar-refractivity contribution in [2.45, 2.75) is 44.1 Å². The maximum Gasteiger partial charge on any atom is 0.340 e. The first-order chi connectivity index (χ1) is 9.66. The lowest BCUT2D eigenvalue weighted by atomic mass is 10.0. The van der Waals surface area contributed by atoms with Crippen molar-refractivity contribution in [1.29, 1.82) is 0 Å². The summed E-state index contributed by atoms with van der Waals surface area (Å²) in [6.07, 6.45) is 1.63. The normalized spacial score (nSPS) is 22.6. The van der Waals surface area contributed by atoms with Crippen molar-refractivity contribution in [1.82, 2.24) is 4.72 Å². The zero-order chi connectivity index (χ0) is 15.8. The highest BCUT2D eigenvalue weighted by molar-refractivity contribution is 7.89. The Morgan fingerprint density at radius 3 is 2.57 bits per heavy atom. The number of hydrogen-bond donors (Lipinski definition) is 2. The monoisotopic (exact) mass is 317 g/mol. The predicted molar refractivity (Wildman–Crippen MR) is 73.9 cm³/mol. The number of sulfonamides is 1. The molecule has 7 nitrogen and oxygen atoms in total. The molecule has 8 heteroatoms. The number of aromatic carboxylic acids is 1. The summed E-state index contributed by atoms with van der Waals surface area (Å²) in [6.45, 7) is 5.38. The Hall–Kier alpha value is -1.38. The number of aryl methyl sites for hydroxylation is 2. The van der Waals surface area contributed by atoms with Gasteiger partial charge in [-0.1, -0.05) is 0 Å². The number of carboxylic acid groups (broad SMARTS) is 1. The van der Waals surface area contributed by atoms with Gasteiger partial charge in [-0.15, -0.1) is 0 Å². The second kappa shape index (κ2) is 5.43. The van der Waals surface area contributed by atoms with E-state index < -0.39 is 21.6 Å². The van der Waals surface area contributed by atoms with Crippen LogP contribution in [0.2, 0.25) is 0 Å². The van der Waals surface area contributed by atoms with E-state index in [9.17, 15) is 18.3 Å². The zero-order valence-electron chi connectivity index (χ0n) is 12.2. The average Bonchev–Trinajstić information content (AvgIpc) is 2.92. The molecule has 1 aliphatic heterocycles. The number of furan rings is 1. The van der Waals surface area contributed by atoms with Crippen LogP contribution in [0.15, 0.2) is 9.31 Å². The first-order valence-corrected chi connectivity index (χ1v) is 8.11. The molecule has 0 radical (unpaired) electrons. The number of carboxylic acids is 1. The van der Waals surface area contributed by atoms with E-state index in [1.807, 2.05) is 6.92 Å². The second-order valence-electron chi connectivity index (χ2n) is 5.45. The SMILES string of the molecule is Cc1oc(C)c(S(=O)(=O)NCC2(C)CCCO2)c1C(=O)O. The van der Waals surface area contributed by atoms with Gasteiger partial charge in [0, 0.05) is 13.2 Å². The van der Waals surface area contributed by atoms with Crippen LogP contribution in [-0.4, -0.2) is 38.2 Å². The topological polar surface area (TPSA) is 106 Å². The molecular weight excluding hydrogens is 298 g/mol. The summed E-state index contributed by atoms with van der Waals surface area (Å²) < 4.78 is 37.9. The molecule has 21 heavy (non-hydrogen) atoms. The summed E-state index contributed by atoms with van der Waals surface area (Å²) in [5.41, 5.74) is -0.874. The van der Waals surface area contributed by atoms with Crippen LogP contribution in [0.4, 0.5) is 0 Å². The molecule has 0 saturated carbocycles. The number of hydrogen-bond acceptors (Lipinski definition) is 5. The first-order valence-electron chi connectivity index (χ1n) is 6.63. The Labute approximate surface area is 123 Å². The summed E-state index contributed by atoms with van der Waals surface area (Å²) in [5.74, 6) is -1.19. The summed E-state index contributed by atoms with van der Waals surface area (Å²) in [7, 11) is -3.98. The molecular formula is C13H19NO6S. The highest BCUT2D eigenvalue weighted by Gasteiger charge is 2.35. The van der Waals surface area contributed by atoms with Gasteiger partial charge in [0.05, 0.1) is 5.60 Å². The molecule has 1 aromatic heterocycles. The molecule has 118 valence electrons. The molecule has 0 aliphatic carbocycles. The largest absolute Gasteiger partial charge is 0.478 e. The zero-order valence-corrected chi connectivity index (χ0v) is 13.0. The molecule has 0 bridgehead atoms. The van der Waals surface area contributed by atoms with Crippen LogP contribution >= 0.6 is 0 Å². The van der Waals surface area contributed by atoms with E-state index in [0.29, 0.717) is 6.61 Å². The lowest BCUT2D eigenvalue weighted by Crippen LogP contribution is -2.40. The molecule has 0 amide bonds. The molecule has 2 N–H and O–H groups in total. The maximum absolute atomic E-state index is 12.4. The second-order valence-corrected chi connectivity index (χ2v) is 7.15. The van der Waals surface area contributed by atoms with Crippen LogP contribution in [0.25, 0.3) is 0 Å². The summed E-state index contributed by atoms with van der Waals surface area (Å²) in [5, 5.41) is 9.18. The van der Waals surface area contributed by atoms with Gasteiger partial charge in [0.1, 0.15) is 22.0 Å². The van der Waals surface area contributed by atoms with Crippen LogP contribution in [0.3, 0.4) is 0 Å². The minimum Gasteiger partial charge on any atom is -0.478 e. The van der Waals surface area contributed by atoms with E-state index in [-0.39, 0.29) is 28.5 Å². The van der Waals surface area contributed by atoms with E-state index >= 15 is 0 Å². The van der Waals surface area contributed by atoms with Crippen molar-refractivity contribution < 1.29 is 27.5 Å². The minimum absolute atomic E-state index is 0.0647. The molecule has 2 heterocycles. The smallest absolute Gasteiger partial charge is 0.340 e. The van der Waals surface area contributed by atoms with Gasteiger partial charge >= 0.3 is 5.97 Å². The Bertz CT molecular complexity index is 654. The van der Waals surface area contributed by atoms with Gasteiger partial charge in [0.2, 0.25) is 10.0 Å². The molecule has 1 unspecified atom stereocenters. The molecule has 1 atom stereocenters. The number of rotatable bonds is 5. The third-order valence-corrected chi connectivity index (χ3v) is 5.18. The van der Waals surface area contributed by atoms with E-state index in [4.69, 9.17) is 9.15 Å². The quantitative estimate of drug-likeness (QED) is 0.851. The van der Waals surface area contributed by atoms with Gasteiger partial charge in [0.15, 0.2) is 0 Å². The van der Waals surface area contributed by atoms with E-state index in [1.54, 1.807) is 0 Å². The number of nitrogens with one attached hydrogen (secondary N) is 1. The van der Waals surface area contributed by atoms with Crippen LogP contribution in [0.1, 0.15) is 41.6 Å². The standard InChI is InChI=1S/C13H19NO6S/c1-8-10(12(15)16)11(9(2)20-8)21(17,18)14-7-13(3)5-4-6-19-13/h14H,4-7H2,1-3H3,(H,15,16). The molecule has 2 rings (SSSR count). The Balaban J connectivity index is 2.30. The first kappa shape index (κ1) is 16.0. The summed E-state index contributed by atoms with van der Waals surface area (Å²) in [6, 6.07) is 0. The van der Waals surface area contributed by atoms with Gasteiger partial charge in [-0.3, -0.25) is 0 Å². The molecule has 1 saturated heterocycles. The van der Waals surface area contributed by atoms with E-state index in [1.165, 1.54) is 13.8 Å². The maximum atomic E-state index is 12.4. The van der Waals surface area contributed by atoms with Gasteiger partial charge in [-0.05, 0) is 33.6 Å². The van der Waals surface area contributed by atoms with Crippen molar-refractivity contribution >= 4 is 16.0 Å². The van der Waals surface area contributed by atoms with Crippen molar-refractivity contribution in [3.05, 3.63) is 17.1 Å². The van der Waals surface area contributed by atoms with Crippen molar-refractivity contribution in [3.8, 4) is 0 Å².